The molecule has 0 radical (unpaired) electrons. The lowest BCUT2D eigenvalue weighted by atomic mass is 9.84. The lowest BCUT2D eigenvalue weighted by Crippen LogP contribution is -2.57. The van der Waals surface area contributed by atoms with E-state index < -0.39 is 5.60 Å². The average Bonchev–Trinajstić information content (AvgIpc) is 2.13. The van der Waals surface area contributed by atoms with Crippen LogP contribution in [0.3, 0.4) is 0 Å². The third-order valence-electron chi connectivity index (χ3n) is 3.20. The zero-order valence-corrected chi connectivity index (χ0v) is 10.1. The van der Waals surface area contributed by atoms with Crippen LogP contribution in [0.4, 0.5) is 5.82 Å². The van der Waals surface area contributed by atoms with Crippen LogP contribution in [0.5, 0.6) is 0 Å². The van der Waals surface area contributed by atoms with Crippen molar-refractivity contribution in [3.05, 3.63) is 23.9 Å². The van der Waals surface area contributed by atoms with Gasteiger partial charge in [-0.15, -0.1) is 0 Å². The summed E-state index contributed by atoms with van der Waals surface area (Å²) in [6.45, 7) is 4.72. The highest BCUT2D eigenvalue weighted by Crippen LogP contribution is 2.27. The number of hydrogen-bond acceptors (Lipinski definition) is 4. The number of nitrogen functional groups attached to an aromatic ring is 1. The Hall–Kier alpha value is -1.62. The Morgan fingerprint density at radius 3 is 2.65 bits per heavy atom. The Morgan fingerprint density at radius 2 is 2.18 bits per heavy atom. The molecule has 17 heavy (non-hydrogen) atoms. The largest absolute Gasteiger partial charge is 0.390 e. The number of pyridine rings is 1. The molecular formula is C12H17N3O2. The van der Waals surface area contributed by atoms with Gasteiger partial charge in [-0.25, -0.2) is 4.98 Å². The number of carbonyl (C=O) groups excluding carboxylic acids is 1. The Kier molecular flexibility index (Phi) is 2.79. The maximum atomic E-state index is 12.0. The predicted molar refractivity (Wildman–Crippen MR) is 64.3 cm³/mol. The van der Waals surface area contributed by atoms with Gasteiger partial charge < -0.3 is 15.7 Å². The maximum Gasteiger partial charge on any atom is 0.255 e. The number of nitrogens with zero attached hydrogens (tertiary/aromatic N) is 2. The zero-order valence-electron chi connectivity index (χ0n) is 10.1. The summed E-state index contributed by atoms with van der Waals surface area (Å²) in [6, 6.07) is 3.28. The Morgan fingerprint density at radius 1 is 1.53 bits per heavy atom. The summed E-state index contributed by atoms with van der Waals surface area (Å²) in [5.41, 5.74) is 5.27. The van der Waals surface area contributed by atoms with Gasteiger partial charge in [0, 0.05) is 25.2 Å². The SMILES string of the molecule is CC(C)(O)C1CN(C(=O)c2ccc(N)nc2)C1. The van der Waals surface area contributed by atoms with Crippen LogP contribution in [0.25, 0.3) is 0 Å². The van der Waals surface area contributed by atoms with Crippen LogP contribution in [0.2, 0.25) is 0 Å². The van der Waals surface area contributed by atoms with Gasteiger partial charge in [-0.3, -0.25) is 4.79 Å². The third kappa shape index (κ3) is 2.39. The van der Waals surface area contributed by atoms with Crippen molar-refractivity contribution in [1.82, 2.24) is 9.88 Å². The predicted octanol–water partition coefficient (Wildman–Crippen LogP) is 0.507. The monoisotopic (exact) mass is 235 g/mol. The van der Waals surface area contributed by atoms with Gasteiger partial charge in [-0.1, -0.05) is 0 Å². The molecule has 2 rings (SSSR count). The molecule has 0 bridgehead atoms. The number of amides is 1. The normalized spacial score (nSPS) is 16.8. The summed E-state index contributed by atoms with van der Waals surface area (Å²) in [5.74, 6) is 0.491. The number of carbonyl (C=O) groups is 1. The van der Waals surface area contributed by atoms with Crippen molar-refractivity contribution in [3.63, 3.8) is 0 Å². The molecule has 1 saturated heterocycles. The standard InChI is InChI=1S/C12H17N3O2/c1-12(2,17)9-6-15(7-9)11(16)8-3-4-10(13)14-5-8/h3-5,9,17H,6-7H2,1-2H3,(H2,13,14). The van der Waals surface area contributed by atoms with Crippen molar-refractivity contribution in [2.75, 3.05) is 18.8 Å². The molecule has 1 aliphatic rings. The number of likely N-dealkylation sites (tertiary alicyclic amines) is 1. The van der Waals surface area contributed by atoms with Crippen LogP contribution in [0, 0.1) is 5.92 Å². The van der Waals surface area contributed by atoms with Crippen molar-refractivity contribution in [2.24, 2.45) is 5.92 Å². The van der Waals surface area contributed by atoms with E-state index in [4.69, 9.17) is 5.73 Å². The number of aromatic nitrogens is 1. The van der Waals surface area contributed by atoms with Crippen molar-refractivity contribution in [3.8, 4) is 0 Å². The van der Waals surface area contributed by atoms with E-state index in [1.807, 2.05) is 0 Å². The van der Waals surface area contributed by atoms with Gasteiger partial charge in [-0.2, -0.15) is 0 Å². The minimum Gasteiger partial charge on any atom is -0.390 e. The first-order valence-corrected chi connectivity index (χ1v) is 5.61. The van der Waals surface area contributed by atoms with Crippen LogP contribution in [0.1, 0.15) is 24.2 Å². The van der Waals surface area contributed by atoms with Crippen molar-refractivity contribution < 1.29 is 9.90 Å². The fraction of sp³-hybridized carbons (Fsp3) is 0.500. The number of rotatable bonds is 2. The summed E-state index contributed by atoms with van der Waals surface area (Å²) in [7, 11) is 0. The summed E-state index contributed by atoms with van der Waals surface area (Å²) in [5, 5.41) is 9.78. The second-order valence-electron chi connectivity index (χ2n) is 5.03. The van der Waals surface area contributed by atoms with Crippen LogP contribution >= 0.6 is 0 Å². The first-order chi connectivity index (χ1) is 7.88. The lowest BCUT2D eigenvalue weighted by Gasteiger charge is -2.45. The van der Waals surface area contributed by atoms with Gasteiger partial charge in [0.15, 0.2) is 0 Å². The third-order valence-corrected chi connectivity index (χ3v) is 3.20. The second-order valence-corrected chi connectivity index (χ2v) is 5.03. The molecule has 1 aromatic rings. The van der Waals surface area contributed by atoms with Gasteiger partial charge in [0.05, 0.1) is 11.2 Å². The summed E-state index contributed by atoms with van der Waals surface area (Å²) >= 11 is 0. The van der Waals surface area contributed by atoms with E-state index in [9.17, 15) is 9.90 Å². The molecular weight excluding hydrogens is 218 g/mol. The number of anilines is 1. The van der Waals surface area contributed by atoms with E-state index in [1.165, 1.54) is 6.20 Å². The molecule has 1 aliphatic heterocycles. The first kappa shape index (κ1) is 11.9. The summed E-state index contributed by atoms with van der Waals surface area (Å²) in [6.07, 6.45) is 1.48. The Labute approximate surface area is 100 Å². The second kappa shape index (κ2) is 4.00. The molecule has 3 N–H and O–H groups in total. The fourth-order valence-electron chi connectivity index (χ4n) is 1.81. The highest BCUT2D eigenvalue weighted by molar-refractivity contribution is 5.94. The molecule has 0 atom stereocenters. The topological polar surface area (TPSA) is 79.5 Å². The smallest absolute Gasteiger partial charge is 0.255 e. The zero-order chi connectivity index (χ0) is 12.6. The molecule has 0 spiro atoms. The molecule has 0 saturated carbocycles. The highest BCUT2D eigenvalue weighted by Gasteiger charge is 2.39. The number of nitrogens with two attached hydrogens (primary N) is 1. The minimum atomic E-state index is -0.726. The molecule has 1 aromatic heterocycles. The first-order valence-electron chi connectivity index (χ1n) is 5.61. The molecule has 0 unspecified atom stereocenters. The number of aliphatic hydroxyl groups is 1. The molecule has 2 heterocycles. The molecule has 5 heteroatoms. The van der Waals surface area contributed by atoms with E-state index in [0.29, 0.717) is 24.5 Å². The van der Waals surface area contributed by atoms with Crippen molar-refractivity contribution in [2.45, 2.75) is 19.4 Å². The van der Waals surface area contributed by atoms with Gasteiger partial charge in [0.25, 0.3) is 5.91 Å². The van der Waals surface area contributed by atoms with E-state index in [2.05, 4.69) is 4.98 Å². The minimum absolute atomic E-state index is 0.0574. The summed E-state index contributed by atoms with van der Waals surface area (Å²) in [4.78, 5) is 17.6. The van der Waals surface area contributed by atoms with Crippen LogP contribution in [0.15, 0.2) is 18.3 Å². The molecule has 5 nitrogen and oxygen atoms in total. The maximum absolute atomic E-state index is 12.0. The Bertz CT molecular complexity index is 416. The average molecular weight is 235 g/mol. The Balaban J connectivity index is 1.98. The quantitative estimate of drug-likeness (QED) is 0.782. The van der Waals surface area contributed by atoms with Crippen LogP contribution in [-0.2, 0) is 0 Å². The van der Waals surface area contributed by atoms with E-state index >= 15 is 0 Å². The van der Waals surface area contributed by atoms with Crippen molar-refractivity contribution >= 4 is 11.7 Å². The molecule has 0 aromatic carbocycles. The summed E-state index contributed by atoms with van der Waals surface area (Å²) < 4.78 is 0. The number of hydrogen-bond donors (Lipinski definition) is 2. The van der Waals surface area contributed by atoms with Crippen molar-refractivity contribution in [1.29, 1.82) is 0 Å². The van der Waals surface area contributed by atoms with Crippen LogP contribution in [-0.4, -0.2) is 39.6 Å². The molecule has 0 aliphatic carbocycles. The lowest BCUT2D eigenvalue weighted by molar-refractivity contribution is -0.0507. The van der Waals surface area contributed by atoms with E-state index in [-0.39, 0.29) is 11.8 Å². The van der Waals surface area contributed by atoms with Gasteiger partial charge in [0.2, 0.25) is 0 Å². The van der Waals surface area contributed by atoms with Crippen LogP contribution < -0.4 is 5.73 Å². The van der Waals surface area contributed by atoms with E-state index in [0.717, 1.165) is 0 Å². The fourth-order valence-corrected chi connectivity index (χ4v) is 1.81. The van der Waals surface area contributed by atoms with Gasteiger partial charge >= 0.3 is 0 Å². The molecule has 1 fully saturated rings. The van der Waals surface area contributed by atoms with Gasteiger partial charge in [0.1, 0.15) is 5.82 Å². The van der Waals surface area contributed by atoms with E-state index in [1.54, 1.807) is 30.9 Å². The highest BCUT2D eigenvalue weighted by atomic mass is 16.3. The van der Waals surface area contributed by atoms with Gasteiger partial charge in [-0.05, 0) is 26.0 Å². The molecule has 92 valence electrons. The molecule has 1 amide bonds.